The van der Waals surface area contributed by atoms with Gasteiger partial charge in [0.25, 0.3) is 0 Å². The molecule has 3 rings (SSSR count). The molecule has 0 radical (unpaired) electrons. The number of carbonyl (C=O) groups is 3. The van der Waals surface area contributed by atoms with Crippen LogP contribution in [0.4, 0.5) is 13.2 Å². The van der Waals surface area contributed by atoms with E-state index >= 15 is 0 Å². The van der Waals surface area contributed by atoms with Gasteiger partial charge in [-0.1, -0.05) is 17.7 Å². The van der Waals surface area contributed by atoms with Crippen LogP contribution in [0.1, 0.15) is 53.9 Å². The standard InChI is InChI=1S/C22H26F3NO3/c1-12-8-13(2)18(14(3)9-12)19-17(27)11-16(20(19)28)10-15-4-6-26(7-5-15)21(29)22(23,24)25/h8-9,15-16,19H,4-7,10-11H2,1-3H3. The van der Waals surface area contributed by atoms with Gasteiger partial charge in [-0.2, -0.15) is 13.2 Å². The van der Waals surface area contributed by atoms with Crippen molar-refractivity contribution < 1.29 is 27.6 Å². The molecule has 0 aromatic heterocycles. The van der Waals surface area contributed by atoms with Gasteiger partial charge in [0.15, 0.2) is 5.78 Å². The van der Waals surface area contributed by atoms with Gasteiger partial charge in [-0.15, -0.1) is 0 Å². The van der Waals surface area contributed by atoms with Crippen molar-refractivity contribution in [3.63, 3.8) is 0 Å². The fourth-order valence-electron chi connectivity index (χ4n) is 4.96. The van der Waals surface area contributed by atoms with E-state index in [0.29, 0.717) is 19.3 Å². The number of aryl methyl sites for hydroxylation is 3. The van der Waals surface area contributed by atoms with Gasteiger partial charge in [-0.3, -0.25) is 14.4 Å². The Morgan fingerprint density at radius 1 is 1.07 bits per heavy atom. The molecule has 2 fully saturated rings. The number of Topliss-reactive ketones (excluding diaryl/α,β-unsaturated/α-hetero) is 2. The Kier molecular flexibility index (Phi) is 5.88. The topological polar surface area (TPSA) is 54.5 Å². The number of amides is 1. The number of piperidine rings is 1. The number of ketones is 2. The summed E-state index contributed by atoms with van der Waals surface area (Å²) >= 11 is 0. The minimum absolute atomic E-state index is 0.0392. The summed E-state index contributed by atoms with van der Waals surface area (Å²) in [6.45, 7) is 5.88. The molecular formula is C22H26F3NO3. The van der Waals surface area contributed by atoms with E-state index in [1.165, 1.54) is 0 Å². The van der Waals surface area contributed by atoms with Gasteiger partial charge < -0.3 is 4.90 Å². The molecule has 1 saturated carbocycles. The van der Waals surface area contributed by atoms with Gasteiger partial charge in [-0.05, 0) is 62.6 Å². The average molecular weight is 409 g/mol. The molecular weight excluding hydrogens is 383 g/mol. The largest absolute Gasteiger partial charge is 0.471 e. The summed E-state index contributed by atoms with van der Waals surface area (Å²) in [4.78, 5) is 37.9. The number of likely N-dealkylation sites (tertiary alicyclic amines) is 1. The highest BCUT2D eigenvalue weighted by atomic mass is 19.4. The predicted octanol–water partition coefficient (Wildman–Crippen LogP) is 4.04. The molecule has 2 unspecified atom stereocenters. The van der Waals surface area contributed by atoms with E-state index in [0.717, 1.165) is 27.2 Å². The van der Waals surface area contributed by atoms with Crippen molar-refractivity contribution in [3.8, 4) is 0 Å². The summed E-state index contributed by atoms with van der Waals surface area (Å²) < 4.78 is 37.7. The van der Waals surface area contributed by atoms with Crippen LogP contribution in [0, 0.1) is 32.6 Å². The van der Waals surface area contributed by atoms with Crippen molar-refractivity contribution in [2.24, 2.45) is 11.8 Å². The summed E-state index contributed by atoms with van der Waals surface area (Å²) in [6, 6.07) is 3.95. The Bertz CT molecular complexity index is 815. The molecule has 0 bridgehead atoms. The van der Waals surface area contributed by atoms with Crippen molar-refractivity contribution in [1.29, 1.82) is 0 Å². The van der Waals surface area contributed by atoms with Crippen LogP contribution in [0.15, 0.2) is 12.1 Å². The van der Waals surface area contributed by atoms with E-state index < -0.39 is 18.0 Å². The van der Waals surface area contributed by atoms with Crippen molar-refractivity contribution in [3.05, 3.63) is 34.4 Å². The molecule has 7 heteroatoms. The molecule has 2 aliphatic rings. The molecule has 1 aliphatic heterocycles. The highest BCUT2D eigenvalue weighted by molar-refractivity contribution is 6.15. The minimum atomic E-state index is -4.85. The summed E-state index contributed by atoms with van der Waals surface area (Å²) in [7, 11) is 0. The van der Waals surface area contributed by atoms with Crippen LogP contribution in [-0.2, 0) is 14.4 Å². The maximum Gasteiger partial charge on any atom is 0.471 e. The van der Waals surface area contributed by atoms with Crippen molar-refractivity contribution in [1.82, 2.24) is 4.90 Å². The van der Waals surface area contributed by atoms with E-state index in [1.54, 1.807) is 0 Å². The first kappa shape index (κ1) is 21.5. The lowest BCUT2D eigenvalue weighted by Crippen LogP contribution is -2.45. The fourth-order valence-corrected chi connectivity index (χ4v) is 4.96. The number of hydrogen-bond donors (Lipinski definition) is 0. The normalized spacial score (nSPS) is 23.7. The quantitative estimate of drug-likeness (QED) is 0.708. The molecule has 1 aromatic rings. The van der Waals surface area contributed by atoms with Gasteiger partial charge in [0.05, 0.1) is 0 Å². The monoisotopic (exact) mass is 409 g/mol. The molecule has 0 spiro atoms. The first-order valence-electron chi connectivity index (χ1n) is 9.99. The smallest absolute Gasteiger partial charge is 0.335 e. The second kappa shape index (κ2) is 7.92. The van der Waals surface area contributed by atoms with Crippen LogP contribution < -0.4 is 0 Å². The number of rotatable bonds is 3. The Morgan fingerprint density at radius 2 is 1.62 bits per heavy atom. The Balaban J connectivity index is 1.65. The van der Waals surface area contributed by atoms with Crippen LogP contribution in [0.3, 0.4) is 0 Å². The molecule has 0 N–H and O–H groups in total. The van der Waals surface area contributed by atoms with Gasteiger partial charge in [0.2, 0.25) is 0 Å². The molecule has 1 heterocycles. The van der Waals surface area contributed by atoms with Crippen molar-refractivity contribution in [2.75, 3.05) is 13.1 Å². The molecule has 29 heavy (non-hydrogen) atoms. The predicted molar refractivity (Wildman–Crippen MR) is 101 cm³/mol. The van der Waals surface area contributed by atoms with Crippen LogP contribution >= 0.6 is 0 Å². The lowest BCUT2D eigenvalue weighted by atomic mass is 9.83. The SMILES string of the molecule is Cc1cc(C)c(C2C(=O)CC(CC3CCN(C(=O)C(F)(F)F)CC3)C2=O)c(C)c1. The third kappa shape index (κ3) is 4.38. The highest BCUT2D eigenvalue weighted by Gasteiger charge is 2.46. The third-order valence-corrected chi connectivity index (χ3v) is 6.25. The van der Waals surface area contributed by atoms with Gasteiger partial charge in [-0.25, -0.2) is 0 Å². The lowest BCUT2D eigenvalue weighted by molar-refractivity contribution is -0.186. The summed E-state index contributed by atoms with van der Waals surface area (Å²) in [5, 5.41) is 0. The van der Waals surface area contributed by atoms with Crippen molar-refractivity contribution in [2.45, 2.75) is 58.5 Å². The first-order valence-corrected chi connectivity index (χ1v) is 9.99. The fraction of sp³-hybridized carbons (Fsp3) is 0.591. The second-order valence-corrected chi connectivity index (χ2v) is 8.48. The zero-order valence-electron chi connectivity index (χ0n) is 16.9. The molecule has 1 aliphatic carbocycles. The van der Waals surface area contributed by atoms with E-state index in [1.807, 2.05) is 32.9 Å². The maximum atomic E-state index is 13.0. The van der Waals surface area contributed by atoms with E-state index in [9.17, 15) is 27.6 Å². The van der Waals surface area contributed by atoms with Crippen LogP contribution in [0.25, 0.3) is 0 Å². The zero-order valence-corrected chi connectivity index (χ0v) is 16.9. The van der Waals surface area contributed by atoms with Gasteiger partial charge in [0.1, 0.15) is 11.7 Å². The molecule has 1 aromatic carbocycles. The molecule has 1 amide bonds. The Morgan fingerprint density at radius 3 is 2.14 bits per heavy atom. The van der Waals surface area contributed by atoms with Crippen LogP contribution in [0.5, 0.6) is 0 Å². The molecule has 1 saturated heterocycles. The van der Waals surface area contributed by atoms with Crippen molar-refractivity contribution >= 4 is 17.5 Å². The molecule has 158 valence electrons. The number of hydrogen-bond acceptors (Lipinski definition) is 3. The first-order chi connectivity index (χ1) is 13.5. The number of halogens is 3. The van der Waals surface area contributed by atoms with E-state index in [4.69, 9.17) is 0 Å². The summed E-state index contributed by atoms with van der Waals surface area (Å²) in [5.74, 6) is -3.00. The van der Waals surface area contributed by atoms with Crippen LogP contribution in [0.2, 0.25) is 0 Å². The summed E-state index contributed by atoms with van der Waals surface area (Å²) in [6.07, 6.45) is -3.31. The van der Waals surface area contributed by atoms with E-state index in [-0.39, 0.29) is 42.9 Å². The van der Waals surface area contributed by atoms with E-state index in [2.05, 4.69) is 0 Å². The maximum absolute atomic E-state index is 13.0. The average Bonchev–Trinajstić information content (AvgIpc) is 2.88. The number of nitrogens with zero attached hydrogens (tertiary/aromatic N) is 1. The second-order valence-electron chi connectivity index (χ2n) is 8.48. The lowest BCUT2D eigenvalue weighted by Gasteiger charge is -2.33. The van der Waals surface area contributed by atoms with Crippen LogP contribution in [-0.4, -0.2) is 41.6 Å². The molecule has 4 nitrogen and oxygen atoms in total. The molecule has 2 atom stereocenters. The number of benzene rings is 1. The third-order valence-electron chi connectivity index (χ3n) is 6.25. The number of alkyl halides is 3. The zero-order chi connectivity index (χ0) is 21.5. The number of carbonyl (C=O) groups excluding carboxylic acids is 3. The summed E-state index contributed by atoms with van der Waals surface area (Å²) in [5.41, 5.74) is 3.76. The minimum Gasteiger partial charge on any atom is -0.335 e. The van der Waals surface area contributed by atoms with Gasteiger partial charge in [0, 0.05) is 25.4 Å². The highest BCUT2D eigenvalue weighted by Crippen LogP contribution is 2.40. The Hall–Kier alpha value is -2.18. The van der Waals surface area contributed by atoms with Gasteiger partial charge >= 0.3 is 12.1 Å². The Labute approximate surface area is 168 Å².